The molecule has 0 aromatic heterocycles. The lowest BCUT2D eigenvalue weighted by molar-refractivity contribution is -0.143. The highest BCUT2D eigenvalue weighted by molar-refractivity contribution is 5.85. The fourth-order valence-corrected chi connectivity index (χ4v) is 4.04. The van der Waals surface area contributed by atoms with Crippen molar-refractivity contribution in [3.63, 3.8) is 0 Å². The van der Waals surface area contributed by atoms with Crippen LogP contribution in [0.2, 0.25) is 0 Å². The van der Waals surface area contributed by atoms with Crippen LogP contribution in [-0.4, -0.2) is 42.2 Å². The minimum Gasteiger partial charge on any atom is -0.481 e. The molecular weight excluding hydrogens is 384 g/mol. The molecule has 0 bridgehead atoms. The largest absolute Gasteiger partial charge is 0.481 e. The lowest BCUT2D eigenvalue weighted by Gasteiger charge is -2.30. The summed E-state index contributed by atoms with van der Waals surface area (Å²) in [6.07, 6.45) is 6.56. The second-order valence-corrected chi connectivity index (χ2v) is 7.71. The van der Waals surface area contributed by atoms with Crippen LogP contribution < -0.4 is 4.90 Å². The average Bonchev–Trinajstić information content (AvgIpc) is 2.74. The highest BCUT2D eigenvalue weighted by atomic mass is 35.5. The maximum Gasteiger partial charge on any atom is 0.307 e. The Morgan fingerprint density at radius 2 is 1.52 bits per heavy atom. The molecule has 0 saturated carbocycles. The van der Waals surface area contributed by atoms with E-state index < -0.39 is 5.97 Å². The Bertz CT molecular complexity index is 672. The first kappa shape index (κ1) is 23.2. The SMILES string of the molecule is Cl.O=C(O)[C@@H]1CCCN(CCCCCCN(c2ccccc2)c2ccccc2)C1. The van der Waals surface area contributed by atoms with Crippen LogP contribution in [0.4, 0.5) is 11.4 Å². The predicted octanol–water partition coefficient (Wildman–Crippen LogP) is 5.60. The molecule has 0 unspecified atom stereocenters. The number of para-hydroxylation sites is 2. The van der Waals surface area contributed by atoms with E-state index in [1.807, 2.05) is 0 Å². The maximum atomic E-state index is 11.2. The van der Waals surface area contributed by atoms with Gasteiger partial charge in [-0.05, 0) is 63.0 Å². The fraction of sp³-hybridized carbons (Fsp3) is 0.458. The van der Waals surface area contributed by atoms with Gasteiger partial charge in [0.05, 0.1) is 5.92 Å². The summed E-state index contributed by atoms with van der Waals surface area (Å²) in [6.45, 7) is 3.83. The number of nitrogens with zero attached hydrogens (tertiary/aromatic N) is 2. The van der Waals surface area contributed by atoms with Gasteiger partial charge < -0.3 is 14.9 Å². The zero-order valence-corrected chi connectivity index (χ0v) is 17.9. The van der Waals surface area contributed by atoms with Crippen molar-refractivity contribution in [2.75, 3.05) is 31.1 Å². The first-order chi connectivity index (χ1) is 13.7. The predicted molar refractivity (Wildman–Crippen MR) is 122 cm³/mol. The molecule has 0 radical (unpaired) electrons. The second kappa shape index (κ2) is 12.5. The van der Waals surface area contributed by atoms with E-state index in [0.29, 0.717) is 0 Å². The first-order valence-corrected chi connectivity index (χ1v) is 10.6. The third-order valence-electron chi connectivity index (χ3n) is 5.60. The summed E-state index contributed by atoms with van der Waals surface area (Å²) in [5.41, 5.74) is 2.48. The standard InChI is InChI=1S/C24H32N2O2.ClH/c27-24(28)21-12-11-18-25(20-21)17-9-1-2-10-19-26(22-13-5-3-6-14-22)23-15-7-4-8-16-23;/h3-8,13-16,21H,1-2,9-12,17-20H2,(H,27,28);1H/t21-;/m1./s1. The van der Waals surface area contributed by atoms with Crippen molar-refractivity contribution in [2.45, 2.75) is 38.5 Å². The Labute approximate surface area is 180 Å². The lowest BCUT2D eigenvalue weighted by Crippen LogP contribution is -2.39. The van der Waals surface area contributed by atoms with Crippen LogP contribution in [0.5, 0.6) is 0 Å². The number of benzene rings is 2. The zero-order chi connectivity index (χ0) is 19.6. The van der Waals surface area contributed by atoms with Crippen molar-refractivity contribution in [2.24, 2.45) is 5.92 Å². The zero-order valence-electron chi connectivity index (χ0n) is 17.1. The average molecular weight is 417 g/mol. The smallest absolute Gasteiger partial charge is 0.307 e. The van der Waals surface area contributed by atoms with Gasteiger partial charge >= 0.3 is 5.97 Å². The molecule has 3 rings (SSSR count). The normalized spacial score (nSPS) is 16.8. The van der Waals surface area contributed by atoms with Gasteiger partial charge in [0, 0.05) is 24.5 Å². The van der Waals surface area contributed by atoms with Gasteiger partial charge in [-0.3, -0.25) is 4.79 Å². The third-order valence-corrected chi connectivity index (χ3v) is 5.60. The molecule has 0 amide bonds. The molecule has 29 heavy (non-hydrogen) atoms. The number of aliphatic carboxylic acids is 1. The quantitative estimate of drug-likeness (QED) is 0.511. The van der Waals surface area contributed by atoms with Crippen molar-refractivity contribution in [3.8, 4) is 0 Å². The second-order valence-electron chi connectivity index (χ2n) is 7.71. The summed E-state index contributed by atoms with van der Waals surface area (Å²) in [5, 5.41) is 9.21. The molecule has 1 heterocycles. The molecule has 1 aliphatic heterocycles. The van der Waals surface area contributed by atoms with E-state index in [9.17, 15) is 9.90 Å². The number of likely N-dealkylation sites (tertiary alicyclic amines) is 1. The van der Waals surface area contributed by atoms with Crippen LogP contribution >= 0.6 is 12.4 Å². The van der Waals surface area contributed by atoms with Crippen molar-refractivity contribution in [1.29, 1.82) is 0 Å². The van der Waals surface area contributed by atoms with Crippen LogP contribution in [0.25, 0.3) is 0 Å². The number of carbonyl (C=O) groups is 1. The number of anilines is 2. The van der Waals surface area contributed by atoms with Gasteiger partial charge in [-0.15, -0.1) is 12.4 Å². The topological polar surface area (TPSA) is 43.8 Å². The van der Waals surface area contributed by atoms with Crippen molar-refractivity contribution >= 4 is 29.8 Å². The fourth-order valence-electron chi connectivity index (χ4n) is 4.04. The number of rotatable bonds is 10. The van der Waals surface area contributed by atoms with Crippen LogP contribution in [0.3, 0.4) is 0 Å². The monoisotopic (exact) mass is 416 g/mol. The molecule has 1 atom stereocenters. The number of unbranched alkanes of at least 4 members (excludes halogenated alkanes) is 3. The molecule has 0 spiro atoms. The molecular formula is C24H33ClN2O2. The van der Waals surface area contributed by atoms with Crippen LogP contribution in [0.1, 0.15) is 38.5 Å². The van der Waals surface area contributed by atoms with E-state index in [2.05, 4.69) is 70.5 Å². The Balaban J connectivity index is 0.00000300. The highest BCUT2D eigenvalue weighted by Gasteiger charge is 2.24. The molecule has 1 saturated heterocycles. The van der Waals surface area contributed by atoms with Gasteiger partial charge in [0.2, 0.25) is 0 Å². The Morgan fingerprint density at radius 1 is 0.931 bits per heavy atom. The molecule has 2 aromatic rings. The summed E-state index contributed by atoms with van der Waals surface area (Å²) in [5.74, 6) is -0.800. The van der Waals surface area contributed by atoms with Crippen LogP contribution in [0.15, 0.2) is 60.7 Å². The van der Waals surface area contributed by atoms with Gasteiger partial charge in [-0.25, -0.2) is 0 Å². The van der Waals surface area contributed by atoms with E-state index in [1.54, 1.807) is 0 Å². The number of piperidine rings is 1. The summed E-state index contributed by atoms with van der Waals surface area (Å²) in [6, 6.07) is 21.2. The van der Waals surface area contributed by atoms with Crippen LogP contribution in [-0.2, 0) is 4.79 Å². The Kier molecular flexibility index (Phi) is 10.0. The van der Waals surface area contributed by atoms with Gasteiger partial charge in [0.25, 0.3) is 0 Å². The number of carboxylic acids is 1. The lowest BCUT2D eigenvalue weighted by atomic mass is 9.98. The van der Waals surface area contributed by atoms with Gasteiger partial charge in [0.1, 0.15) is 0 Å². The van der Waals surface area contributed by atoms with E-state index in [0.717, 1.165) is 51.9 Å². The number of hydrogen-bond donors (Lipinski definition) is 1. The molecule has 5 heteroatoms. The molecule has 1 fully saturated rings. The summed E-state index contributed by atoms with van der Waals surface area (Å²) in [4.78, 5) is 15.9. The molecule has 2 aromatic carbocycles. The summed E-state index contributed by atoms with van der Waals surface area (Å²) >= 11 is 0. The number of carboxylic acid groups (broad SMARTS) is 1. The van der Waals surface area contributed by atoms with Gasteiger partial charge in [-0.1, -0.05) is 49.2 Å². The molecule has 1 N–H and O–H groups in total. The third kappa shape index (κ3) is 7.37. The molecule has 0 aliphatic carbocycles. The van der Waals surface area contributed by atoms with E-state index in [1.165, 1.54) is 24.2 Å². The minimum atomic E-state index is -0.633. The van der Waals surface area contributed by atoms with Crippen molar-refractivity contribution < 1.29 is 9.90 Å². The van der Waals surface area contributed by atoms with E-state index >= 15 is 0 Å². The summed E-state index contributed by atoms with van der Waals surface area (Å²) < 4.78 is 0. The van der Waals surface area contributed by atoms with Gasteiger partial charge in [0.15, 0.2) is 0 Å². The van der Waals surface area contributed by atoms with Gasteiger partial charge in [-0.2, -0.15) is 0 Å². The molecule has 1 aliphatic rings. The Morgan fingerprint density at radius 3 is 2.10 bits per heavy atom. The van der Waals surface area contributed by atoms with E-state index in [4.69, 9.17) is 0 Å². The summed E-state index contributed by atoms with van der Waals surface area (Å²) in [7, 11) is 0. The van der Waals surface area contributed by atoms with Crippen LogP contribution in [0, 0.1) is 5.92 Å². The van der Waals surface area contributed by atoms with E-state index in [-0.39, 0.29) is 18.3 Å². The first-order valence-electron chi connectivity index (χ1n) is 10.6. The van der Waals surface area contributed by atoms with Crippen molar-refractivity contribution in [3.05, 3.63) is 60.7 Å². The highest BCUT2D eigenvalue weighted by Crippen LogP contribution is 2.25. The number of hydrogen-bond acceptors (Lipinski definition) is 3. The molecule has 4 nitrogen and oxygen atoms in total. The Hall–Kier alpha value is -2.04. The van der Waals surface area contributed by atoms with Crippen molar-refractivity contribution in [1.82, 2.24) is 4.90 Å². The number of halogens is 1. The maximum absolute atomic E-state index is 11.2. The molecule has 158 valence electrons. The minimum absolute atomic E-state index is 0.